The zero-order valence-electron chi connectivity index (χ0n) is 17.3. The number of benzene rings is 2. The van der Waals surface area contributed by atoms with Crippen LogP contribution in [0.1, 0.15) is 23.1 Å². The van der Waals surface area contributed by atoms with Crippen LogP contribution in [-0.2, 0) is 16.1 Å². The van der Waals surface area contributed by atoms with Crippen molar-refractivity contribution in [2.45, 2.75) is 13.0 Å². The minimum atomic E-state index is -0.307. The molecule has 8 heteroatoms. The monoisotopic (exact) mass is 438 g/mol. The Bertz CT molecular complexity index is 1040. The summed E-state index contributed by atoms with van der Waals surface area (Å²) < 4.78 is 16.3. The van der Waals surface area contributed by atoms with Gasteiger partial charge >= 0.3 is 0 Å². The first-order valence-electron chi connectivity index (χ1n) is 9.60. The number of hydrogen-bond donors (Lipinski definition) is 0. The van der Waals surface area contributed by atoms with Crippen molar-refractivity contribution < 1.29 is 23.8 Å². The molecule has 1 aliphatic heterocycles. The molecule has 0 spiro atoms. The minimum absolute atomic E-state index is 0.222. The molecule has 1 aliphatic rings. The third-order valence-electron chi connectivity index (χ3n) is 4.61. The van der Waals surface area contributed by atoms with Gasteiger partial charge in [0.1, 0.15) is 6.61 Å². The lowest BCUT2D eigenvalue weighted by atomic mass is 10.1. The van der Waals surface area contributed by atoms with E-state index in [0.29, 0.717) is 47.1 Å². The van der Waals surface area contributed by atoms with Crippen molar-refractivity contribution in [2.24, 2.45) is 0 Å². The van der Waals surface area contributed by atoms with Crippen LogP contribution in [0.4, 0.5) is 4.79 Å². The second-order valence-corrected chi connectivity index (χ2v) is 7.64. The molecule has 0 saturated carbocycles. The molecule has 1 fully saturated rings. The van der Waals surface area contributed by atoms with E-state index in [1.54, 1.807) is 43.5 Å². The lowest BCUT2D eigenvalue weighted by molar-refractivity contribution is -0.122. The smallest absolute Gasteiger partial charge is 0.293 e. The fourth-order valence-electron chi connectivity index (χ4n) is 3.02. The summed E-state index contributed by atoms with van der Waals surface area (Å²) in [5.41, 5.74) is 2.04. The number of methoxy groups -OCH3 is 2. The number of nitrogens with zero attached hydrogens (tertiary/aromatic N) is 2. The number of amides is 2. The summed E-state index contributed by atoms with van der Waals surface area (Å²) in [7, 11) is 3.11. The van der Waals surface area contributed by atoms with E-state index >= 15 is 0 Å². The molecule has 1 heterocycles. The van der Waals surface area contributed by atoms with Gasteiger partial charge in [0.15, 0.2) is 11.5 Å². The van der Waals surface area contributed by atoms with Crippen molar-refractivity contribution in [2.75, 3.05) is 27.4 Å². The molecule has 2 aromatic rings. The van der Waals surface area contributed by atoms with Gasteiger partial charge in [-0.15, -0.1) is 0 Å². The van der Waals surface area contributed by atoms with Gasteiger partial charge in [-0.2, -0.15) is 5.26 Å². The number of thioether (sulfide) groups is 1. The predicted molar refractivity (Wildman–Crippen MR) is 118 cm³/mol. The second-order valence-electron chi connectivity index (χ2n) is 6.65. The van der Waals surface area contributed by atoms with Crippen molar-refractivity contribution in [1.82, 2.24) is 4.90 Å². The molecule has 0 aliphatic carbocycles. The highest BCUT2D eigenvalue weighted by molar-refractivity contribution is 8.18. The number of carbonyl (C=O) groups excluding carboxylic acids is 2. The Hall–Kier alpha value is -3.28. The van der Waals surface area contributed by atoms with Crippen LogP contribution in [0.3, 0.4) is 0 Å². The van der Waals surface area contributed by atoms with Crippen molar-refractivity contribution in [3.8, 4) is 17.6 Å². The normalized spacial score (nSPS) is 14.7. The third kappa shape index (κ3) is 5.45. The van der Waals surface area contributed by atoms with E-state index in [1.807, 2.05) is 12.1 Å². The van der Waals surface area contributed by atoms with Gasteiger partial charge in [0.2, 0.25) is 0 Å². The van der Waals surface area contributed by atoms with E-state index in [-0.39, 0.29) is 17.8 Å². The molecule has 160 valence electrons. The maximum Gasteiger partial charge on any atom is 0.293 e. The summed E-state index contributed by atoms with van der Waals surface area (Å²) in [5.74, 6) is 0.695. The number of nitriles is 1. The van der Waals surface area contributed by atoms with Crippen LogP contribution in [0.5, 0.6) is 11.5 Å². The molecule has 2 amide bonds. The molecule has 2 aromatic carbocycles. The highest BCUT2D eigenvalue weighted by atomic mass is 32.2. The first kappa shape index (κ1) is 22.4. The molecule has 0 atom stereocenters. The van der Waals surface area contributed by atoms with Crippen LogP contribution in [-0.4, -0.2) is 43.4 Å². The summed E-state index contributed by atoms with van der Waals surface area (Å²) in [5, 5.41) is 8.93. The van der Waals surface area contributed by atoms with Gasteiger partial charge in [0.25, 0.3) is 11.1 Å². The Morgan fingerprint density at radius 2 is 1.94 bits per heavy atom. The average Bonchev–Trinajstić information content (AvgIpc) is 3.05. The van der Waals surface area contributed by atoms with Crippen LogP contribution < -0.4 is 9.47 Å². The molecule has 7 nitrogen and oxygen atoms in total. The van der Waals surface area contributed by atoms with Crippen molar-refractivity contribution in [3.63, 3.8) is 0 Å². The van der Waals surface area contributed by atoms with E-state index in [4.69, 9.17) is 14.2 Å². The average molecular weight is 439 g/mol. The Labute approximate surface area is 185 Å². The van der Waals surface area contributed by atoms with Gasteiger partial charge in [-0.25, -0.2) is 0 Å². The van der Waals surface area contributed by atoms with E-state index in [0.717, 1.165) is 17.3 Å². The van der Waals surface area contributed by atoms with Crippen LogP contribution in [0, 0.1) is 11.3 Å². The van der Waals surface area contributed by atoms with Gasteiger partial charge < -0.3 is 14.2 Å². The molecule has 0 N–H and O–H groups in total. The maximum atomic E-state index is 12.5. The van der Waals surface area contributed by atoms with E-state index in [9.17, 15) is 14.9 Å². The lowest BCUT2D eigenvalue weighted by Gasteiger charge is -2.12. The first-order chi connectivity index (χ1) is 15.1. The topological polar surface area (TPSA) is 88.9 Å². The molecule has 0 aromatic heterocycles. The number of hydrogen-bond acceptors (Lipinski definition) is 7. The number of imide groups is 1. The number of carbonyl (C=O) groups is 2. The Morgan fingerprint density at radius 3 is 2.68 bits per heavy atom. The van der Waals surface area contributed by atoms with Gasteiger partial charge in [-0.3, -0.25) is 14.5 Å². The first-order valence-corrected chi connectivity index (χ1v) is 10.4. The molecule has 0 radical (unpaired) electrons. The molecule has 0 bridgehead atoms. The summed E-state index contributed by atoms with van der Waals surface area (Å²) in [4.78, 5) is 26.3. The van der Waals surface area contributed by atoms with Crippen molar-refractivity contribution in [3.05, 3.63) is 64.1 Å². The van der Waals surface area contributed by atoms with Crippen LogP contribution in [0.2, 0.25) is 0 Å². The van der Waals surface area contributed by atoms with Crippen LogP contribution >= 0.6 is 11.8 Å². The molecule has 1 saturated heterocycles. The molecular weight excluding hydrogens is 416 g/mol. The van der Waals surface area contributed by atoms with Crippen molar-refractivity contribution >= 4 is 29.0 Å². The number of ether oxygens (including phenoxy) is 3. The van der Waals surface area contributed by atoms with Gasteiger partial charge in [-0.05, 0) is 48.0 Å². The van der Waals surface area contributed by atoms with E-state index in [2.05, 4.69) is 6.07 Å². The SMILES string of the molecule is COCCCN1C(=O)S/C(=C/c2ccc(OCc3ccccc3C#N)c(OC)c2)C1=O. The fourth-order valence-corrected chi connectivity index (χ4v) is 3.88. The van der Waals surface area contributed by atoms with Gasteiger partial charge in [0.05, 0.1) is 23.6 Å². The van der Waals surface area contributed by atoms with Gasteiger partial charge in [-0.1, -0.05) is 24.3 Å². The maximum absolute atomic E-state index is 12.5. The molecular formula is C23H22N2O5S. The zero-order chi connectivity index (χ0) is 22.2. The zero-order valence-corrected chi connectivity index (χ0v) is 18.1. The Kier molecular flexibility index (Phi) is 7.70. The Balaban J connectivity index is 1.73. The molecule has 3 rings (SSSR count). The second kappa shape index (κ2) is 10.7. The molecule has 0 unspecified atom stereocenters. The largest absolute Gasteiger partial charge is 0.493 e. The third-order valence-corrected chi connectivity index (χ3v) is 5.52. The highest BCUT2D eigenvalue weighted by Crippen LogP contribution is 2.35. The van der Waals surface area contributed by atoms with E-state index in [1.165, 1.54) is 12.0 Å². The lowest BCUT2D eigenvalue weighted by Crippen LogP contribution is -2.29. The summed E-state index contributed by atoms with van der Waals surface area (Å²) in [6.45, 7) is 1.04. The van der Waals surface area contributed by atoms with Crippen LogP contribution in [0.25, 0.3) is 6.08 Å². The number of rotatable bonds is 9. The Morgan fingerprint density at radius 1 is 1.13 bits per heavy atom. The standard InChI is InChI=1S/C23H22N2O5S/c1-28-11-5-10-25-22(26)21(31-23(25)27)13-16-8-9-19(20(12-16)29-2)30-15-18-7-4-3-6-17(18)14-24/h3-4,6-9,12-13H,5,10-11,15H2,1-2H3/b21-13+. The predicted octanol–water partition coefficient (Wildman–Crippen LogP) is 4.22. The van der Waals surface area contributed by atoms with Gasteiger partial charge in [0, 0.05) is 25.8 Å². The van der Waals surface area contributed by atoms with E-state index < -0.39 is 0 Å². The quantitative estimate of drug-likeness (QED) is 0.428. The van der Waals surface area contributed by atoms with Crippen molar-refractivity contribution in [1.29, 1.82) is 5.26 Å². The summed E-state index contributed by atoms with van der Waals surface area (Å²) in [6, 6.07) is 14.6. The van der Waals surface area contributed by atoms with Crippen LogP contribution in [0.15, 0.2) is 47.4 Å². The molecule has 31 heavy (non-hydrogen) atoms. The highest BCUT2D eigenvalue weighted by Gasteiger charge is 2.34. The summed E-state index contributed by atoms with van der Waals surface area (Å²) in [6.07, 6.45) is 2.26. The minimum Gasteiger partial charge on any atom is -0.493 e. The summed E-state index contributed by atoms with van der Waals surface area (Å²) >= 11 is 0.919. The fraction of sp³-hybridized carbons (Fsp3) is 0.261.